The van der Waals surface area contributed by atoms with Gasteiger partial charge in [-0.25, -0.2) is 4.98 Å². The highest BCUT2D eigenvalue weighted by Crippen LogP contribution is 2.17. The van der Waals surface area contributed by atoms with Gasteiger partial charge in [0.25, 0.3) is 0 Å². The van der Waals surface area contributed by atoms with Crippen LogP contribution in [0, 0.1) is 11.8 Å². The van der Waals surface area contributed by atoms with Crippen molar-refractivity contribution in [2.24, 2.45) is 11.8 Å². The fourth-order valence-electron chi connectivity index (χ4n) is 3.20. The van der Waals surface area contributed by atoms with Crippen molar-refractivity contribution in [3.05, 3.63) is 18.2 Å². The Morgan fingerprint density at radius 3 is 1.67 bits per heavy atom. The number of amides is 2. The Morgan fingerprint density at radius 1 is 0.833 bits per heavy atom. The normalized spacial score (nSPS) is 19.7. The Morgan fingerprint density at radius 2 is 1.25 bits per heavy atom. The second-order valence-electron chi connectivity index (χ2n) is 6.44. The van der Waals surface area contributed by atoms with Crippen molar-refractivity contribution in [1.82, 2.24) is 15.6 Å². The Labute approximate surface area is 142 Å². The quantitative estimate of drug-likeness (QED) is 0.659. The summed E-state index contributed by atoms with van der Waals surface area (Å²) >= 11 is 0. The summed E-state index contributed by atoms with van der Waals surface area (Å²) in [6.07, 6.45) is 3.38. The minimum absolute atomic E-state index is 0.00540. The van der Waals surface area contributed by atoms with Gasteiger partial charge in [-0.2, -0.15) is 0 Å². The first kappa shape index (κ1) is 16.9. The number of carbonyl (C=O) groups excluding carboxylic acids is 2. The van der Waals surface area contributed by atoms with Crippen LogP contribution >= 0.6 is 0 Å². The number of nitrogens with one attached hydrogen (secondary N) is 4. The molecular weight excluding hydrogens is 306 g/mol. The fraction of sp³-hybridized carbons (Fsp3) is 0.588. The smallest absolute Gasteiger partial charge is 0.228 e. The second kappa shape index (κ2) is 8.21. The predicted molar refractivity (Wildman–Crippen MR) is 92.7 cm³/mol. The van der Waals surface area contributed by atoms with E-state index in [-0.39, 0.29) is 23.7 Å². The van der Waals surface area contributed by atoms with Crippen molar-refractivity contribution in [1.29, 1.82) is 0 Å². The van der Waals surface area contributed by atoms with Crippen molar-refractivity contribution >= 4 is 23.5 Å². The number of nitrogens with zero attached hydrogens (tertiary/aromatic N) is 1. The Kier molecular flexibility index (Phi) is 5.77. The number of hydrogen-bond acceptors (Lipinski definition) is 5. The van der Waals surface area contributed by atoms with Gasteiger partial charge >= 0.3 is 0 Å². The first-order valence-corrected chi connectivity index (χ1v) is 8.72. The Bertz CT molecular complexity index is 533. The van der Waals surface area contributed by atoms with E-state index in [0.29, 0.717) is 11.6 Å². The molecule has 7 nitrogen and oxygen atoms in total. The van der Waals surface area contributed by atoms with Crippen LogP contribution in [-0.4, -0.2) is 43.0 Å². The maximum Gasteiger partial charge on any atom is 0.228 e. The van der Waals surface area contributed by atoms with Crippen molar-refractivity contribution in [3.8, 4) is 0 Å². The van der Waals surface area contributed by atoms with Crippen LogP contribution in [0.5, 0.6) is 0 Å². The van der Waals surface area contributed by atoms with Crippen LogP contribution in [0.3, 0.4) is 0 Å². The third kappa shape index (κ3) is 4.52. The number of aromatic nitrogens is 1. The lowest BCUT2D eigenvalue weighted by Gasteiger charge is -2.22. The van der Waals surface area contributed by atoms with Crippen LogP contribution in [0.2, 0.25) is 0 Å². The Hall–Kier alpha value is -1.99. The molecule has 7 heteroatoms. The van der Waals surface area contributed by atoms with E-state index in [2.05, 4.69) is 26.3 Å². The lowest BCUT2D eigenvalue weighted by Crippen LogP contribution is -2.35. The topological polar surface area (TPSA) is 95.2 Å². The van der Waals surface area contributed by atoms with Gasteiger partial charge in [-0.05, 0) is 64.0 Å². The molecule has 0 aromatic carbocycles. The number of pyridine rings is 1. The molecule has 2 amide bonds. The van der Waals surface area contributed by atoms with E-state index >= 15 is 0 Å². The van der Waals surface area contributed by atoms with Gasteiger partial charge in [0.05, 0.1) is 0 Å². The second-order valence-corrected chi connectivity index (χ2v) is 6.44. The van der Waals surface area contributed by atoms with Crippen LogP contribution in [0.1, 0.15) is 25.7 Å². The van der Waals surface area contributed by atoms with Gasteiger partial charge in [0.15, 0.2) is 0 Å². The highest BCUT2D eigenvalue weighted by molar-refractivity contribution is 5.93. The van der Waals surface area contributed by atoms with Gasteiger partial charge in [0, 0.05) is 11.8 Å². The minimum Gasteiger partial charge on any atom is -0.317 e. The maximum absolute atomic E-state index is 12.3. The number of carbonyl (C=O) groups is 2. The van der Waals surface area contributed by atoms with E-state index in [1.807, 2.05) is 0 Å². The SMILES string of the molecule is O=C(Nc1cccc(NC(=O)C2CCNCC2)n1)C1CCNCC1. The molecule has 3 heterocycles. The largest absolute Gasteiger partial charge is 0.317 e. The molecule has 130 valence electrons. The van der Waals surface area contributed by atoms with Crippen LogP contribution < -0.4 is 21.3 Å². The molecular formula is C17H25N5O2. The molecule has 0 bridgehead atoms. The highest BCUT2D eigenvalue weighted by Gasteiger charge is 2.22. The van der Waals surface area contributed by atoms with E-state index in [4.69, 9.17) is 0 Å². The summed E-state index contributed by atoms with van der Waals surface area (Å²) in [4.78, 5) is 28.9. The summed E-state index contributed by atoms with van der Waals surface area (Å²) in [5.74, 6) is 1.04. The monoisotopic (exact) mass is 331 g/mol. The zero-order valence-corrected chi connectivity index (χ0v) is 13.8. The highest BCUT2D eigenvalue weighted by atomic mass is 16.2. The number of rotatable bonds is 4. The molecule has 0 unspecified atom stereocenters. The standard InChI is InChI=1S/C17H25N5O2/c23-16(12-4-8-18-9-5-12)21-14-2-1-3-15(20-14)22-17(24)13-6-10-19-11-7-13/h1-3,12-13,18-19H,4-11H2,(H2,20,21,22,23,24). The van der Waals surface area contributed by atoms with Gasteiger partial charge < -0.3 is 21.3 Å². The molecule has 0 atom stereocenters. The minimum atomic E-state index is 0.00540. The molecule has 0 aliphatic carbocycles. The third-order valence-corrected chi connectivity index (χ3v) is 4.67. The molecule has 4 N–H and O–H groups in total. The molecule has 0 spiro atoms. The van der Waals surface area contributed by atoms with Gasteiger partial charge in [-0.1, -0.05) is 6.07 Å². The summed E-state index contributed by atoms with van der Waals surface area (Å²) < 4.78 is 0. The zero-order chi connectivity index (χ0) is 16.8. The van der Waals surface area contributed by atoms with Crippen molar-refractivity contribution in [2.75, 3.05) is 36.8 Å². The molecule has 3 rings (SSSR count). The molecule has 0 saturated carbocycles. The van der Waals surface area contributed by atoms with E-state index in [1.54, 1.807) is 18.2 Å². The van der Waals surface area contributed by atoms with Crippen LogP contribution in [-0.2, 0) is 9.59 Å². The summed E-state index contributed by atoms with van der Waals surface area (Å²) in [5, 5.41) is 12.2. The average Bonchev–Trinajstić information content (AvgIpc) is 2.63. The van der Waals surface area contributed by atoms with E-state index in [9.17, 15) is 9.59 Å². The molecule has 24 heavy (non-hydrogen) atoms. The molecule has 2 fully saturated rings. The first-order chi connectivity index (χ1) is 11.7. The average molecular weight is 331 g/mol. The fourth-order valence-corrected chi connectivity index (χ4v) is 3.20. The van der Waals surface area contributed by atoms with Gasteiger partial charge in [-0.15, -0.1) is 0 Å². The summed E-state index contributed by atoms with van der Waals surface area (Å²) in [6, 6.07) is 5.29. The first-order valence-electron chi connectivity index (χ1n) is 8.72. The summed E-state index contributed by atoms with van der Waals surface area (Å²) in [7, 11) is 0. The molecule has 2 saturated heterocycles. The van der Waals surface area contributed by atoms with E-state index in [0.717, 1.165) is 51.9 Å². The molecule has 1 aromatic rings. The molecule has 0 radical (unpaired) electrons. The van der Waals surface area contributed by atoms with Crippen molar-refractivity contribution in [3.63, 3.8) is 0 Å². The van der Waals surface area contributed by atoms with Gasteiger partial charge in [-0.3, -0.25) is 9.59 Å². The molecule has 2 aliphatic heterocycles. The third-order valence-electron chi connectivity index (χ3n) is 4.67. The van der Waals surface area contributed by atoms with E-state index < -0.39 is 0 Å². The number of hydrogen-bond donors (Lipinski definition) is 4. The summed E-state index contributed by atoms with van der Waals surface area (Å²) in [5.41, 5.74) is 0. The number of piperidine rings is 2. The lowest BCUT2D eigenvalue weighted by molar-refractivity contribution is -0.121. The van der Waals surface area contributed by atoms with Crippen LogP contribution in [0.25, 0.3) is 0 Å². The maximum atomic E-state index is 12.3. The Balaban J connectivity index is 1.57. The van der Waals surface area contributed by atoms with Crippen molar-refractivity contribution < 1.29 is 9.59 Å². The lowest BCUT2D eigenvalue weighted by atomic mass is 9.97. The van der Waals surface area contributed by atoms with E-state index in [1.165, 1.54) is 0 Å². The van der Waals surface area contributed by atoms with Crippen LogP contribution in [0.15, 0.2) is 18.2 Å². The van der Waals surface area contributed by atoms with Gasteiger partial charge in [0.2, 0.25) is 11.8 Å². The number of anilines is 2. The molecule has 1 aromatic heterocycles. The molecule has 2 aliphatic rings. The predicted octanol–water partition coefficient (Wildman–Crippen LogP) is 0.958. The summed E-state index contributed by atoms with van der Waals surface area (Å²) in [6.45, 7) is 3.49. The van der Waals surface area contributed by atoms with Crippen molar-refractivity contribution in [2.45, 2.75) is 25.7 Å². The zero-order valence-electron chi connectivity index (χ0n) is 13.8. The van der Waals surface area contributed by atoms with Gasteiger partial charge in [0.1, 0.15) is 11.6 Å². The van der Waals surface area contributed by atoms with Crippen LogP contribution in [0.4, 0.5) is 11.6 Å².